The Bertz CT molecular complexity index is 815. The number of carbonyl (C=O) groups is 1. The summed E-state index contributed by atoms with van der Waals surface area (Å²) in [5.41, 5.74) is 6.14. The van der Waals surface area contributed by atoms with Crippen LogP contribution in [0.4, 0.5) is 0 Å². The van der Waals surface area contributed by atoms with E-state index in [4.69, 9.17) is 0 Å². The predicted octanol–water partition coefficient (Wildman–Crippen LogP) is 3.74. The number of aromatic nitrogens is 2. The first-order valence-electron chi connectivity index (χ1n) is 6.63. The van der Waals surface area contributed by atoms with Crippen LogP contribution in [0.1, 0.15) is 27.2 Å². The van der Waals surface area contributed by atoms with Crippen molar-refractivity contribution in [3.05, 3.63) is 58.9 Å². The highest BCUT2D eigenvalue weighted by Crippen LogP contribution is 2.28. The second-order valence-electron chi connectivity index (χ2n) is 5.07. The zero-order valence-corrected chi connectivity index (χ0v) is 11.8. The molecule has 3 rings (SSSR count). The van der Waals surface area contributed by atoms with Crippen LogP contribution in [0.5, 0.6) is 0 Å². The van der Waals surface area contributed by atoms with E-state index in [1.165, 1.54) is 16.7 Å². The second kappa shape index (κ2) is 4.60. The summed E-state index contributed by atoms with van der Waals surface area (Å²) < 4.78 is 1.97. The molecule has 2 aromatic heterocycles. The third-order valence-corrected chi connectivity index (χ3v) is 3.99. The summed E-state index contributed by atoms with van der Waals surface area (Å²) in [7, 11) is 0. The van der Waals surface area contributed by atoms with Gasteiger partial charge in [0, 0.05) is 11.8 Å². The number of aryl methyl sites for hydroxylation is 1. The zero-order valence-electron chi connectivity index (χ0n) is 11.8. The minimum absolute atomic E-state index is 0.484. The van der Waals surface area contributed by atoms with Crippen LogP contribution in [0, 0.1) is 20.8 Å². The SMILES string of the molecule is Cc1ccc(-c2nc(C=O)c3ccccn23)c(C)c1C. The van der Waals surface area contributed by atoms with Crippen LogP contribution in [0.3, 0.4) is 0 Å². The molecule has 100 valence electrons. The van der Waals surface area contributed by atoms with Crippen molar-refractivity contribution < 1.29 is 4.79 Å². The van der Waals surface area contributed by atoms with Gasteiger partial charge in [0.2, 0.25) is 0 Å². The van der Waals surface area contributed by atoms with E-state index in [1.807, 2.05) is 28.8 Å². The minimum atomic E-state index is 0.484. The van der Waals surface area contributed by atoms with Gasteiger partial charge in [0.05, 0.1) is 5.52 Å². The number of hydrogen-bond donors (Lipinski definition) is 0. The number of rotatable bonds is 2. The third-order valence-electron chi connectivity index (χ3n) is 3.99. The van der Waals surface area contributed by atoms with Gasteiger partial charge in [-0.3, -0.25) is 9.20 Å². The molecule has 0 N–H and O–H groups in total. The Hall–Kier alpha value is -2.42. The molecule has 0 amide bonds. The lowest BCUT2D eigenvalue weighted by atomic mass is 9.98. The summed E-state index contributed by atoms with van der Waals surface area (Å²) in [6.45, 7) is 6.32. The molecule has 3 heteroatoms. The molecular formula is C17H16N2O. The highest BCUT2D eigenvalue weighted by Gasteiger charge is 2.14. The van der Waals surface area contributed by atoms with Crippen LogP contribution in [-0.2, 0) is 0 Å². The molecule has 1 aromatic carbocycles. The summed E-state index contributed by atoms with van der Waals surface area (Å²) in [6.07, 6.45) is 2.76. The monoisotopic (exact) mass is 264 g/mol. The third kappa shape index (κ3) is 1.74. The van der Waals surface area contributed by atoms with Gasteiger partial charge >= 0.3 is 0 Å². The number of nitrogens with zero attached hydrogens (tertiary/aromatic N) is 2. The van der Waals surface area contributed by atoms with Crippen LogP contribution in [-0.4, -0.2) is 15.7 Å². The quantitative estimate of drug-likeness (QED) is 0.661. The van der Waals surface area contributed by atoms with Crippen molar-refractivity contribution >= 4 is 11.8 Å². The van der Waals surface area contributed by atoms with E-state index in [9.17, 15) is 4.79 Å². The summed E-state index contributed by atoms with van der Waals surface area (Å²) in [5, 5.41) is 0. The summed E-state index contributed by atoms with van der Waals surface area (Å²) in [5.74, 6) is 0.823. The Morgan fingerprint density at radius 2 is 1.85 bits per heavy atom. The van der Waals surface area contributed by atoms with Gasteiger partial charge in [-0.2, -0.15) is 0 Å². The number of fused-ring (bicyclic) bond motifs is 1. The number of benzene rings is 1. The number of pyridine rings is 1. The van der Waals surface area contributed by atoms with E-state index in [0.717, 1.165) is 23.2 Å². The largest absolute Gasteiger partial charge is 0.299 e. The molecule has 3 aromatic rings. The van der Waals surface area contributed by atoms with E-state index < -0.39 is 0 Å². The van der Waals surface area contributed by atoms with Crippen molar-refractivity contribution in [1.29, 1.82) is 0 Å². The molecule has 0 fully saturated rings. The molecule has 3 nitrogen and oxygen atoms in total. The Labute approximate surface area is 117 Å². The molecule has 20 heavy (non-hydrogen) atoms. The topological polar surface area (TPSA) is 34.4 Å². The fourth-order valence-corrected chi connectivity index (χ4v) is 2.54. The summed E-state index contributed by atoms with van der Waals surface area (Å²) >= 11 is 0. The van der Waals surface area contributed by atoms with Gasteiger partial charge in [0.25, 0.3) is 0 Å². The van der Waals surface area contributed by atoms with Gasteiger partial charge in [-0.15, -0.1) is 0 Å². The molecule has 2 heterocycles. The van der Waals surface area contributed by atoms with E-state index in [-0.39, 0.29) is 0 Å². The number of imidazole rings is 1. The summed E-state index contributed by atoms with van der Waals surface area (Å²) in [4.78, 5) is 15.7. The number of hydrogen-bond acceptors (Lipinski definition) is 2. The van der Waals surface area contributed by atoms with Gasteiger partial charge in [-0.1, -0.05) is 18.2 Å². The lowest BCUT2D eigenvalue weighted by Crippen LogP contribution is -1.95. The van der Waals surface area contributed by atoms with Crippen LogP contribution in [0.15, 0.2) is 36.5 Å². The second-order valence-corrected chi connectivity index (χ2v) is 5.07. The van der Waals surface area contributed by atoms with Crippen LogP contribution < -0.4 is 0 Å². The van der Waals surface area contributed by atoms with E-state index in [2.05, 4.69) is 37.9 Å². The standard InChI is InChI=1S/C17H16N2O/c1-11-7-8-14(13(3)12(11)2)17-18-15(10-20)16-6-4-5-9-19(16)17/h4-10H,1-3H3. The Morgan fingerprint density at radius 1 is 1.05 bits per heavy atom. The maximum absolute atomic E-state index is 11.2. The molecule has 0 atom stereocenters. The van der Waals surface area contributed by atoms with E-state index in [0.29, 0.717) is 5.69 Å². The molecule has 0 aliphatic rings. The maximum Gasteiger partial charge on any atom is 0.170 e. The van der Waals surface area contributed by atoms with Crippen molar-refractivity contribution in [1.82, 2.24) is 9.38 Å². The molecule has 0 saturated heterocycles. The first kappa shape index (κ1) is 12.6. The normalized spacial score (nSPS) is 10.9. The highest BCUT2D eigenvalue weighted by molar-refractivity contribution is 5.86. The predicted molar refractivity (Wildman–Crippen MR) is 80.2 cm³/mol. The molecule has 0 unspecified atom stereocenters. The highest BCUT2D eigenvalue weighted by atomic mass is 16.1. The number of aldehydes is 1. The van der Waals surface area contributed by atoms with Crippen molar-refractivity contribution in [2.45, 2.75) is 20.8 Å². The van der Waals surface area contributed by atoms with Crippen molar-refractivity contribution in [3.8, 4) is 11.4 Å². The smallest absolute Gasteiger partial charge is 0.170 e. The first-order chi connectivity index (χ1) is 9.63. The molecular weight excluding hydrogens is 248 g/mol. The Kier molecular flexibility index (Phi) is 2.90. The van der Waals surface area contributed by atoms with Gasteiger partial charge in [0.15, 0.2) is 6.29 Å². The fraction of sp³-hybridized carbons (Fsp3) is 0.176. The van der Waals surface area contributed by atoms with Crippen molar-refractivity contribution in [3.63, 3.8) is 0 Å². The first-order valence-corrected chi connectivity index (χ1v) is 6.63. The van der Waals surface area contributed by atoms with Crippen LogP contribution in [0.2, 0.25) is 0 Å². The minimum Gasteiger partial charge on any atom is -0.299 e. The van der Waals surface area contributed by atoms with E-state index in [1.54, 1.807) is 0 Å². The Morgan fingerprint density at radius 3 is 2.60 bits per heavy atom. The number of carbonyl (C=O) groups excluding carboxylic acids is 1. The van der Waals surface area contributed by atoms with Crippen LogP contribution in [0.25, 0.3) is 16.9 Å². The molecule has 0 saturated carbocycles. The molecule has 0 radical (unpaired) electrons. The zero-order chi connectivity index (χ0) is 14.3. The average Bonchev–Trinajstić information content (AvgIpc) is 2.84. The molecule has 0 bridgehead atoms. The van der Waals surface area contributed by atoms with Crippen molar-refractivity contribution in [2.75, 3.05) is 0 Å². The lowest BCUT2D eigenvalue weighted by Gasteiger charge is -2.10. The fourth-order valence-electron chi connectivity index (χ4n) is 2.54. The van der Waals surface area contributed by atoms with Gasteiger partial charge in [-0.25, -0.2) is 4.98 Å². The molecule has 0 aliphatic heterocycles. The lowest BCUT2D eigenvalue weighted by molar-refractivity contribution is 0.112. The van der Waals surface area contributed by atoms with Crippen LogP contribution >= 0.6 is 0 Å². The van der Waals surface area contributed by atoms with Gasteiger partial charge in [-0.05, 0) is 49.6 Å². The molecule has 0 spiro atoms. The van der Waals surface area contributed by atoms with E-state index >= 15 is 0 Å². The maximum atomic E-state index is 11.2. The van der Waals surface area contributed by atoms with Crippen molar-refractivity contribution in [2.24, 2.45) is 0 Å². The molecule has 0 aliphatic carbocycles. The van der Waals surface area contributed by atoms with Gasteiger partial charge in [0.1, 0.15) is 11.5 Å². The average molecular weight is 264 g/mol. The van der Waals surface area contributed by atoms with Gasteiger partial charge < -0.3 is 0 Å². The Balaban J connectivity index is 2.36. The summed E-state index contributed by atoms with van der Waals surface area (Å²) in [6, 6.07) is 9.96.